The van der Waals surface area contributed by atoms with Gasteiger partial charge in [-0.2, -0.15) is 0 Å². The Bertz CT molecular complexity index is 334. The van der Waals surface area contributed by atoms with E-state index in [1.807, 2.05) is 25.1 Å². The third kappa shape index (κ3) is 4.75. The van der Waals surface area contributed by atoms with Gasteiger partial charge in [0.2, 0.25) is 0 Å². The van der Waals surface area contributed by atoms with Gasteiger partial charge in [0.15, 0.2) is 0 Å². The van der Waals surface area contributed by atoms with Gasteiger partial charge >= 0.3 is 0 Å². The number of aliphatic hydroxyl groups is 1. The third-order valence-corrected chi connectivity index (χ3v) is 2.45. The Kier molecular flexibility index (Phi) is 6.01. The Hall–Kier alpha value is -1.06. The van der Waals surface area contributed by atoms with Crippen LogP contribution in [0, 0.1) is 6.92 Å². The van der Waals surface area contributed by atoms with Crippen LogP contribution in [0.3, 0.4) is 0 Å². The number of benzene rings is 1. The second-order valence-corrected chi connectivity index (χ2v) is 4.18. The minimum absolute atomic E-state index is 0.512. The molecule has 0 aromatic heterocycles. The lowest BCUT2D eigenvalue weighted by Gasteiger charge is -2.14. The van der Waals surface area contributed by atoms with E-state index in [9.17, 15) is 5.11 Å². The summed E-state index contributed by atoms with van der Waals surface area (Å²) in [6, 6.07) is 5.83. The highest BCUT2D eigenvalue weighted by Gasteiger charge is 2.09. The fraction of sp³-hybridized carbons (Fsp3) is 0.571. The van der Waals surface area contributed by atoms with Gasteiger partial charge in [0.25, 0.3) is 0 Å². The molecule has 1 atom stereocenters. The molecule has 0 saturated carbocycles. The summed E-state index contributed by atoms with van der Waals surface area (Å²) in [5.74, 6) is 0.750. The van der Waals surface area contributed by atoms with Crippen molar-refractivity contribution in [3.05, 3.63) is 29.3 Å². The summed E-state index contributed by atoms with van der Waals surface area (Å²) < 4.78 is 11.0. The van der Waals surface area contributed by atoms with Crippen LogP contribution in [0.4, 0.5) is 0 Å². The second kappa shape index (κ2) is 7.30. The zero-order valence-electron chi connectivity index (χ0n) is 10.9. The number of ether oxygens (including phenoxy) is 2. The van der Waals surface area contributed by atoms with Crippen LogP contribution in [-0.4, -0.2) is 24.9 Å². The third-order valence-electron chi connectivity index (χ3n) is 2.45. The summed E-state index contributed by atoms with van der Waals surface area (Å²) in [6.07, 6.45) is 0.505. The Morgan fingerprint density at radius 2 is 2.00 bits per heavy atom. The molecule has 0 aliphatic carbocycles. The lowest BCUT2D eigenvalue weighted by atomic mass is 10.1. The maximum absolute atomic E-state index is 9.62. The number of hydrogen-bond acceptors (Lipinski definition) is 3. The largest absolute Gasteiger partial charge is 0.491 e. The van der Waals surface area contributed by atoms with Gasteiger partial charge in [0, 0.05) is 12.2 Å². The van der Waals surface area contributed by atoms with Crippen LogP contribution in [0.5, 0.6) is 5.75 Å². The van der Waals surface area contributed by atoms with E-state index in [2.05, 4.69) is 6.92 Å². The van der Waals surface area contributed by atoms with E-state index in [1.54, 1.807) is 6.92 Å². The lowest BCUT2D eigenvalue weighted by molar-refractivity contribution is 0.0986. The molecule has 0 spiro atoms. The first kappa shape index (κ1) is 14.0. The quantitative estimate of drug-likeness (QED) is 0.742. The average Bonchev–Trinajstić information content (AvgIpc) is 2.28. The normalized spacial score (nSPS) is 12.5. The maximum atomic E-state index is 9.62. The number of rotatable bonds is 7. The molecular formula is C14H22O3. The van der Waals surface area contributed by atoms with Crippen molar-refractivity contribution in [2.75, 3.05) is 19.8 Å². The molecule has 96 valence electrons. The summed E-state index contributed by atoms with van der Waals surface area (Å²) in [5.41, 5.74) is 1.95. The van der Waals surface area contributed by atoms with Crippen LogP contribution in [0.1, 0.15) is 37.5 Å². The van der Waals surface area contributed by atoms with Crippen LogP contribution < -0.4 is 4.74 Å². The van der Waals surface area contributed by atoms with Crippen LogP contribution >= 0.6 is 0 Å². The number of aryl methyl sites for hydroxylation is 1. The molecule has 0 fully saturated rings. The second-order valence-electron chi connectivity index (χ2n) is 4.18. The van der Waals surface area contributed by atoms with Crippen LogP contribution in [0.15, 0.2) is 18.2 Å². The highest BCUT2D eigenvalue weighted by molar-refractivity contribution is 5.38. The van der Waals surface area contributed by atoms with Gasteiger partial charge in [0.05, 0.1) is 12.7 Å². The Labute approximate surface area is 103 Å². The van der Waals surface area contributed by atoms with Crippen molar-refractivity contribution >= 4 is 0 Å². The number of aliphatic hydroxyl groups excluding tert-OH is 1. The van der Waals surface area contributed by atoms with Crippen molar-refractivity contribution in [1.82, 2.24) is 0 Å². The van der Waals surface area contributed by atoms with Gasteiger partial charge in [-0.05, 0) is 31.9 Å². The molecular weight excluding hydrogens is 216 g/mol. The van der Waals surface area contributed by atoms with Gasteiger partial charge in [-0.15, -0.1) is 0 Å². The first-order chi connectivity index (χ1) is 8.15. The van der Waals surface area contributed by atoms with Gasteiger partial charge < -0.3 is 14.6 Å². The van der Waals surface area contributed by atoms with Crippen LogP contribution in [0.2, 0.25) is 0 Å². The minimum atomic E-state index is -0.512. The van der Waals surface area contributed by atoms with E-state index < -0.39 is 6.10 Å². The summed E-state index contributed by atoms with van der Waals surface area (Å²) in [7, 11) is 0. The van der Waals surface area contributed by atoms with E-state index in [0.29, 0.717) is 13.2 Å². The van der Waals surface area contributed by atoms with Crippen molar-refractivity contribution in [1.29, 1.82) is 0 Å². The van der Waals surface area contributed by atoms with Gasteiger partial charge in [0.1, 0.15) is 12.4 Å². The molecule has 1 N–H and O–H groups in total. The van der Waals surface area contributed by atoms with Crippen molar-refractivity contribution in [2.45, 2.75) is 33.3 Å². The molecule has 0 saturated heterocycles. The van der Waals surface area contributed by atoms with E-state index in [1.165, 1.54) is 0 Å². The molecule has 1 rings (SSSR count). The predicted molar refractivity (Wildman–Crippen MR) is 68.4 cm³/mol. The summed E-state index contributed by atoms with van der Waals surface area (Å²) >= 11 is 0. The molecule has 17 heavy (non-hydrogen) atoms. The molecule has 3 heteroatoms. The zero-order valence-corrected chi connectivity index (χ0v) is 10.9. The Balaban J connectivity index is 2.53. The highest BCUT2D eigenvalue weighted by atomic mass is 16.5. The Morgan fingerprint density at radius 3 is 2.65 bits per heavy atom. The molecule has 0 aliphatic heterocycles. The standard InChI is InChI=1S/C14H22O3/c1-4-7-16-8-9-17-14-10-11(2)5-6-13(14)12(3)15/h5-6,10,12,15H,4,7-9H2,1-3H3/t12-/m0/s1. The van der Waals surface area contributed by atoms with Crippen molar-refractivity contribution in [3.63, 3.8) is 0 Å². The van der Waals surface area contributed by atoms with Crippen LogP contribution in [-0.2, 0) is 4.74 Å². The fourth-order valence-electron chi connectivity index (χ4n) is 1.57. The van der Waals surface area contributed by atoms with Gasteiger partial charge in [-0.25, -0.2) is 0 Å². The highest BCUT2D eigenvalue weighted by Crippen LogP contribution is 2.26. The van der Waals surface area contributed by atoms with E-state index in [0.717, 1.165) is 29.9 Å². The van der Waals surface area contributed by atoms with Gasteiger partial charge in [-0.3, -0.25) is 0 Å². The first-order valence-electron chi connectivity index (χ1n) is 6.14. The molecule has 0 unspecified atom stereocenters. The van der Waals surface area contributed by atoms with E-state index in [4.69, 9.17) is 9.47 Å². The smallest absolute Gasteiger partial charge is 0.125 e. The molecule has 0 radical (unpaired) electrons. The summed E-state index contributed by atoms with van der Waals surface area (Å²) in [5, 5.41) is 9.62. The molecule has 1 aromatic rings. The first-order valence-corrected chi connectivity index (χ1v) is 6.14. The fourth-order valence-corrected chi connectivity index (χ4v) is 1.57. The van der Waals surface area contributed by atoms with E-state index >= 15 is 0 Å². The summed E-state index contributed by atoms with van der Waals surface area (Å²) in [4.78, 5) is 0. The average molecular weight is 238 g/mol. The topological polar surface area (TPSA) is 38.7 Å². The molecule has 0 heterocycles. The molecule has 3 nitrogen and oxygen atoms in total. The van der Waals surface area contributed by atoms with Crippen LogP contribution in [0.25, 0.3) is 0 Å². The van der Waals surface area contributed by atoms with Crippen molar-refractivity contribution < 1.29 is 14.6 Å². The maximum Gasteiger partial charge on any atom is 0.125 e. The summed E-state index contributed by atoms with van der Waals surface area (Å²) in [6.45, 7) is 7.69. The SMILES string of the molecule is CCCOCCOc1cc(C)ccc1[C@H](C)O. The molecule has 1 aromatic carbocycles. The van der Waals surface area contributed by atoms with Crippen molar-refractivity contribution in [3.8, 4) is 5.75 Å². The molecule has 0 aliphatic rings. The molecule has 0 bridgehead atoms. The number of hydrogen-bond donors (Lipinski definition) is 1. The Morgan fingerprint density at radius 1 is 1.24 bits per heavy atom. The lowest BCUT2D eigenvalue weighted by Crippen LogP contribution is -2.09. The predicted octanol–water partition coefficient (Wildman–Crippen LogP) is 2.85. The van der Waals surface area contributed by atoms with Gasteiger partial charge in [-0.1, -0.05) is 19.1 Å². The molecule has 0 amide bonds. The monoisotopic (exact) mass is 238 g/mol. The minimum Gasteiger partial charge on any atom is -0.491 e. The van der Waals surface area contributed by atoms with Crippen molar-refractivity contribution in [2.24, 2.45) is 0 Å². The van der Waals surface area contributed by atoms with E-state index in [-0.39, 0.29) is 0 Å². The zero-order chi connectivity index (χ0) is 12.7.